The van der Waals surface area contributed by atoms with Crippen LogP contribution >= 0.6 is 0 Å². The molecule has 0 unspecified atom stereocenters. The van der Waals surface area contributed by atoms with Gasteiger partial charge in [0.25, 0.3) is 0 Å². The van der Waals surface area contributed by atoms with Crippen LogP contribution in [0, 0.1) is 0 Å². The van der Waals surface area contributed by atoms with Gasteiger partial charge in [-0.1, -0.05) is 53.0 Å². The molecule has 0 bridgehead atoms. The van der Waals surface area contributed by atoms with Gasteiger partial charge in [-0.25, -0.2) is 0 Å². The van der Waals surface area contributed by atoms with Crippen LogP contribution in [0.25, 0.3) is 0 Å². The first-order valence-corrected chi connectivity index (χ1v) is 12.0. The highest BCUT2D eigenvalue weighted by atomic mass is 28.4. The van der Waals surface area contributed by atoms with Gasteiger partial charge in [0.05, 0.1) is 12.2 Å². The summed E-state index contributed by atoms with van der Waals surface area (Å²) in [6, 6.07) is 0. The Bertz CT molecular complexity index is 310. The van der Waals surface area contributed by atoms with Crippen LogP contribution in [0.5, 0.6) is 0 Å². The maximum atomic E-state index is 6.61. The Morgan fingerprint density at radius 2 is 1.78 bits per heavy atom. The highest BCUT2D eigenvalue weighted by Gasteiger charge is 2.39. The van der Waals surface area contributed by atoms with E-state index in [0.717, 1.165) is 19.3 Å². The summed E-state index contributed by atoms with van der Waals surface area (Å²) >= 11 is 0. The van der Waals surface area contributed by atoms with Crippen LogP contribution in [0.4, 0.5) is 0 Å². The van der Waals surface area contributed by atoms with Gasteiger partial charge < -0.3 is 13.9 Å². The molecule has 0 aliphatic carbocycles. The van der Waals surface area contributed by atoms with Crippen molar-refractivity contribution in [1.82, 2.24) is 0 Å². The van der Waals surface area contributed by atoms with Crippen molar-refractivity contribution in [2.24, 2.45) is 0 Å². The normalized spacial score (nSPS) is 15.4. The molecule has 4 heteroatoms. The molecule has 2 atom stereocenters. The molecule has 0 aromatic carbocycles. The number of rotatable bonds is 13. The van der Waals surface area contributed by atoms with Gasteiger partial charge in [0.1, 0.15) is 6.79 Å². The molecule has 0 radical (unpaired) electrons. The van der Waals surface area contributed by atoms with Crippen molar-refractivity contribution in [3.8, 4) is 0 Å². The Labute approximate surface area is 145 Å². The van der Waals surface area contributed by atoms with Crippen molar-refractivity contribution < 1.29 is 13.9 Å². The molecule has 0 spiro atoms. The second kappa shape index (κ2) is 11.4. The second-order valence-electron chi connectivity index (χ2n) is 7.95. The van der Waals surface area contributed by atoms with Gasteiger partial charge >= 0.3 is 0 Å². The van der Waals surface area contributed by atoms with Crippen LogP contribution in [-0.2, 0) is 13.9 Å². The lowest BCUT2D eigenvalue weighted by Gasteiger charge is -2.40. The minimum absolute atomic E-state index is 0.192. The molecule has 0 amide bonds. The van der Waals surface area contributed by atoms with Crippen LogP contribution in [0.3, 0.4) is 0 Å². The summed E-state index contributed by atoms with van der Waals surface area (Å²) in [5.41, 5.74) is 0. The standard InChI is InChI=1S/C19H40O3Si/c1-9-11-12-14-17(21-16-20-6)15-18(13-10-2)22-23(7,8)19(3,4)5/h10,17-18H,2,9,11-16H2,1,3-8H3/t17-,18-/m0/s1. The van der Waals surface area contributed by atoms with E-state index in [9.17, 15) is 0 Å². The zero-order valence-corrected chi connectivity index (χ0v) is 17.6. The van der Waals surface area contributed by atoms with Crippen LogP contribution in [-0.4, -0.2) is 34.4 Å². The molecule has 0 heterocycles. The zero-order chi connectivity index (χ0) is 17.9. The van der Waals surface area contributed by atoms with Crippen molar-refractivity contribution in [2.45, 2.75) is 96.6 Å². The Morgan fingerprint density at radius 3 is 2.26 bits per heavy atom. The van der Waals surface area contributed by atoms with E-state index in [4.69, 9.17) is 13.9 Å². The van der Waals surface area contributed by atoms with Gasteiger partial charge in [-0.05, 0) is 37.4 Å². The van der Waals surface area contributed by atoms with Gasteiger partial charge in [0.2, 0.25) is 0 Å². The van der Waals surface area contributed by atoms with Gasteiger partial charge in [-0.15, -0.1) is 6.58 Å². The molecule has 138 valence electrons. The minimum atomic E-state index is -1.78. The molecular weight excluding hydrogens is 304 g/mol. The lowest BCUT2D eigenvalue weighted by Crippen LogP contribution is -2.44. The Balaban J connectivity index is 4.78. The molecule has 0 saturated heterocycles. The topological polar surface area (TPSA) is 27.7 Å². The Morgan fingerprint density at radius 1 is 1.13 bits per heavy atom. The molecule has 0 rings (SSSR count). The third kappa shape index (κ3) is 9.65. The first-order chi connectivity index (χ1) is 10.7. The molecule has 0 saturated carbocycles. The highest BCUT2D eigenvalue weighted by Crippen LogP contribution is 2.38. The zero-order valence-electron chi connectivity index (χ0n) is 16.6. The SMILES string of the molecule is C=CC[C@@H](C[C@H](CCCCC)OCOC)O[Si](C)(C)C(C)(C)C. The molecule has 0 aliphatic heterocycles. The third-order valence-electron chi connectivity index (χ3n) is 4.77. The Hall–Kier alpha value is -0.163. The van der Waals surface area contributed by atoms with E-state index in [1.165, 1.54) is 19.3 Å². The lowest BCUT2D eigenvalue weighted by atomic mass is 10.0. The summed E-state index contributed by atoms with van der Waals surface area (Å²) in [6.45, 7) is 18.0. The number of hydrogen-bond acceptors (Lipinski definition) is 3. The van der Waals surface area contributed by atoms with Crippen molar-refractivity contribution in [2.75, 3.05) is 13.9 Å². The summed E-state index contributed by atoms with van der Waals surface area (Å²) in [4.78, 5) is 0. The van der Waals surface area contributed by atoms with E-state index in [0.29, 0.717) is 6.79 Å². The van der Waals surface area contributed by atoms with Crippen molar-refractivity contribution in [3.63, 3.8) is 0 Å². The number of unbranched alkanes of at least 4 members (excludes halogenated alkanes) is 2. The maximum absolute atomic E-state index is 6.61. The molecule has 0 aromatic rings. The first-order valence-electron chi connectivity index (χ1n) is 9.07. The molecular formula is C19H40O3Si. The van der Waals surface area contributed by atoms with Crippen molar-refractivity contribution in [3.05, 3.63) is 12.7 Å². The van der Waals surface area contributed by atoms with E-state index >= 15 is 0 Å². The van der Waals surface area contributed by atoms with Crippen LogP contribution in [0.15, 0.2) is 12.7 Å². The lowest BCUT2D eigenvalue weighted by molar-refractivity contribution is -0.0859. The van der Waals surface area contributed by atoms with Gasteiger partial charge in [-0.3, -0.25) is 0 Å². The average molecular weight is 345 g/mol. The smallest absolute Gasteiger partial charge is 0.192 e. The number of ether oxygens (including phenoxy) is 2. The maximum Gasteiger partial charge on any atom is 0.192 e. The summed E-state index contributed by atoms with van der Waals surface area (Å²) in [7, 11) is -0.0990. The van der Waals surface area contributed by atoms with Crippen molar-refractivity contribution >= 4 is 8.32 Å². The summed E-state index contributed by atoms with van der Waals surface area (Å²) in [5.74, 6) is 0. The van der Waals surface area contributed by atoms with Gasteiger partial charge in [-0.2, -0.15) is 0 Å². The average Bonchev–Trinajstić information content (AvgIpc) is 2.43. The third-order valence-corrected chi connectivity index (χ3v) is 9.31. The fraction of sp³-hybridized carbons (Fsp3) is 0.895. The van der Waals surface area contributed by atoms with Crippen molar-refractivity contribution in [1.29, 1.82) is 0 Å². The van der Waals surface area contributed by atoms with Crippen LogP contribution in [0.2, 0.25) is 18.1 Å². The predicted octanol–water partition coefficient (Wildman–Crippen LogP) is 5.91. The molecule has 23 heavy (non-hydrogen) atoms. The van der Waals surface area contributed by atoms with Gasteiger partial charge in [0, 0.05) is 7.11 Å². The van der Waals surface area contributed by atoms with Crippen LogP contribution < -0.4 is 0 Å². The number of hydrogen-bond donors (Lipinski definition) is 0. The predicted molar refractivity (Wildman–Crippen MR) is 102 cm³/mol. The molecule has 0 N–H and O–H groups in total. The van der Waals surface area contributed by atoms with E-state index in [2.05, 4.69) is 47.4 Å². The highest BCUT2D eigenvalue weighted by molar-refractivity contribution is 6.74. The monoisotopic (exact) mass is 344 g/mol. The van der Waals surface area contributed by atoms with Crippen LogP contribution in [0.1, 0.15) is 66.2 Å². The van der Waals surface area contributed by atoms with E-state index in [-0.39, 0.29) is 17.2 Å². The summed E-state index contributed by atoms with van der Waals surface area (Å²) in [6.07, 6.45) is 8.93. The fourth-order valence-corrected chi connectivity index (χ4v) is 3.70. The molecule has 0 aliphatic rings. The van der Waals surface area contributed by atoms with Gasteiger partial charge in [0.15, 0.2) is 8.32 Å². The van der Waals surface area contributed by atoms with E-state index in [1.54, 1.807) is 7.11 Å². The second-order valence-corrected chi connectivity index (χ2v) is 12.7. The summed E-state index contributed by atoms with van der Waals surface area (Å²) < 4.78 is 17.6. The molecule has 0 fully saturated rings. The minimum Gasteiger partial charge on any atom is -0.414 e. The van der Waals surface area contributed by atoms with E-state index < -0.39 is 8.32 Å². The summed E-state index contributed by atoms with van der Waals surface area (Å²) in [5, 5.41) is 0.220. The molecule has 0 aromatic heterocycles. The Kier molecular flexibility index (Phi) is 11.3. The first kappa shape index (κ1) is 22.8. The quantitative estimate of drug-likeness (QED) is 0.180. The number of methoxy groups -OCH3 is 1. The molecule has 3 nitrogen and oxygen atoms in total. The largest absolute Gasteiger partial charge is 0.414 e. The fourth-order valence-electron chi connectivity index (χ4n) is 2.32. The van der Waals surface area contributed by atoms with E-state index in [1.807, 2.05) is 6.08 Å².